The van der Waals surface area contributed by atoms with Crippen molar-refractivity contribution in [3.05, 3.63) is 75.4 Å². The molecule has 34 heavy (non-hydrogen) atoms. The summed E-state index contributed by atoms with van der Waals surface area (Å²) in [5.41, 5.74) is 4.71. The van der Waals surface area contributed by atoms with Crippen LogP contribution in [0, 0.1) is 11.3 Å². The van der Waals surface area contributed by atoms with Gasteiger partial charge < -0.3 is 5.32 Å². The van der Waals surface area contributed by atoms with Gasteiger partial charge in [0, 0.05) is 41.2 Å². The zero-order valence-electron chi connectivity index (χ0n) is 19.3. The third kappa shape index (κ3) is 4.73. The molecule has 0 bridgehead atoms. The molecule has 2 aromatic carbocycles. The highest BCUT2D eigenvalue weighted by Crippen LogP contribution is 2.33. The monoisotopic (exact) mass is 516 g/mol. The van der Waals surface area contributed by atoms with Gasteiger partial charge in [-0.15, -0.1) is 0 Å². The minimum atomic E-state index is -0.165. The molecule has 1 aliphatic carbocycles. The Balaban J connectivity index is 1.31. The van der Waals surface area contributed by atoms with Crippen LogP contribution in [-0.2, 0) is 13.0 Å². The predicted molar refractivity (Wildman–Crippen MR) is 137 cm³/mol. The molecule has 174 valence electrons. The van der Waals surface area contributed by atoms with Crippen molar-refractivity contribution in [1.82, 2.24) is 15.2 Å². The molecule has 2 heterocycles. The fourth-order valence-electron chi connectivity index (χ4n) is 5.56. The number of nitrogens with one attached hydrogen (secondary N) is 1. The van der Waals surface area contributed by atoms with Crippen LogP contribution in [0.4, 0.5) is 0 Å². The van der Waals surface area contributed by atoms with Gasteiger partial charge in [-0.2, -0.15) is 5.26 Å². The molecule has 6 heteroatoms. The van der Waals surface area contributed by atoms with Crippen LogP contribution in [0.25, 0.3) is 10.9 Å². The van der Waals surface area contributed by atoms with E-state index in [-0.39, 0.29) is 11.4 Å². The summed E-state index contributed by atoms with van der Waals surface area (Å²) in [5.74, 6) is 0.000391. The molecular formula is C28H29BrN4O. The van der Waals surface area contributed by atoms with Crippen molar-refractivity contribution in [3.63, 3.8) is 0 Å². The van der Waals surface area contributed by atoms with E-state index < -0.39 is 0 Å². The van der Waals surface area contributed by atoms with Crippen molar-refractivity contribution in [3.8, 4) is 6.07 Å². The second kappa shape index (κ2) is 9.85. The maximum Gasteiger partial charge on any atom is 0.252 e. The van der Waals surface area contributed by atoms with Gasteiger partial charge in [0.2, 0.25) is 0 Å². The third-order valence-electron chi connectivity index (χ3n) is 7.49. The number of hydrogen-bond acceptors (Lipinski definition) is 4. The number of benzene rings is 2. The lowest BCUT2D eigenvalue weighted by molar-refractivity contribution is 0.0842. The molecule has 1 fully saturated rings. The van der Waals surface area contributed by atoms with Crippen LogP contribution in [0.15, 0.2) is 53.1 Å². The third-order valence-corrected chi connectivity index (χ3v) is 8.13. The smallest absolute Gasteiger partial charge is 0.252 e. The molecule has 0 atom stereocenters. The van der Waals surface area contributed by atoms with Crippen LogP contribution in [0.3, 0.4) is 0 Å². The minimum Gasteiger partial charge on any atom is -0.347 e. The van der Waals surface area contributed by atoms with Crippen LogP contribution < -0.4 is 5.32 Å². The molecule has 3 aromatic rings. The molecular weight excluding hydrogens is 488 g/mol. The fourth-order valence-corrected chi connectivity index (χ4v) is 6.02. The van der Waals surface area contributed by atoms with Crippen molar-refractivity contribution >= 4 is 32.7 Å². The summed E-state index contributed by atoms with van der Waals surface area (Å²) in [5, 5.41) is 13.5. The van der Waals surface area contributed by atoms with Gasteiger partial charge in [0.1, 0.15) is 0 Å². The lowest BCUT2D eigenvalue weighted by atomic mass is 9.78. The summed E-state index contributed by atoms with van der Waals surface area (Å²) in [6, 6.07) is 16.0. The van der Waals surface area contributed by atoms with Crippen molar-refractivity contribution < 1.29 is 4.79 Å². The topological polar surface area (TPSA) is 69.0 Å². The number of hydrogen-bond donors (Lipinski definition) is 1. The van der Waals surface area contributed by atoms with E-state index in [1.807, 2.05) is 36.4 Å². The highest BCUT2D eigenvalue weighted by atomic mass is 79.9. The van der Waals surface area contributed by atoms with Crippen LogP contribution in [-0.4, -0.2) is 34.4 Å². The molecule has 5 rings (SSSR count). The van der Waals surface area contributed by atoms with Crippen LogP contribution >= 0.6 is 15.9 Å². The molecule has 5 nitrogen and oxygen atoms in total. The number of carbonyl (C=O) groups is 1. The van der Waals surface area contributed by atoms with Gasteiger partial charge in [-0.1, -0.05) is 37.5 Å². The summed E-state index contributed by atoms with van der Waals surface area (Å²) < 4.78 is 0.902. The van der Waals surface area contributed by atoms with Gasteiger partial charge in [0.05, 0.1) is 22.7 Å². The normalized spacial score (nSPS) is 17.6. The van der Waals surface area contributed by atoms with Gasteiger partial charge >= 0.3 is 0 Å². The minimum absolute atomic E-state index is 0.000391. The molecule has 1 saturated carbocycles. The van der Waals surface area contributed by atoms with E-state index in [1.54, 1.807) is 6.20 Å². The molecule has 2 aliphatic rings. The Bertz CT molecular complexity index is 1260. The number of aromatic nitrogens is 1. The van der Waals surface area contributed by atoms with Crippen LogP contribution in [0.2, 0.25) is 0 Å². The van der Waals surface area contributed by atoms with E-state index in [1.165, 1.54) is 17.5 Å². The van der Waals surface area contributed by atoms with Crippen LogP contribution in [0.1, 0.15) is 65.6 Å². The Morgan fingerprint density at radius 2 is 2.00 bits per heavy atom. The second-order valence-electron chi connectivity index (χ2n) is 9.66. The SMILES string of the molecule is N#Cc1ccc2c(c1)CCN(CCC1(NC(=O)c3ccnc4c(Br)cccc34)CCCCC1)C2. The number of halogens is 1. The fraction of sp³-hybridized carbons (Fsp3) is 0.393. The molecule has 0 spiro atoms. The summed E-state index contributed by atoms with van der Waals surface area (Å²) in [7, 11) is 0. The average Bonchev–Trinajstić information content (AvgIpc) is 2.87. The zero-order chi connectivity index (χ0) is 23.5. The number of amides is 1. The molecule has 0 saturated heterocycles. The summed E-state index contributed by atoms with van der Waals surface area (Å²) >= 11 is 3.56. The second-order valence-corrected chi connectivity index (χ2v) is 10.5. The number of nitrogens with zero attached hydrogens (tertiary/aromatic N) is 3. The Kier molecular flexibility index (Phi) is 6.67. The maximum atomic E-state index is 13.5. The summed E-state index contributed by atoms with van der Waals surface area (Å²) in [6.45, 7) is 2.87. The van der Waals surface area contributed by atoms with Gasteiger partial charge in [0.25, 0.3) is 5.91 Å². The molecule has 1 amide bonds. The zero-order valence-corrected chi connectivity index (χ0v) is 20.9. The largest absolute Gasteiger partial charge is 0.347 e. The van der Waals surface area contributed by atoms with E-state index in [9.17, 15) is 10.1 Å². The van der Waals surface area contributed by atoms with Crippen molar-refractivity contribution in [1.29, 1.82) is 5.26 Å². The first kappa shape index (κ1) is 23.0. The van der Waals surface area contributed by atoms with Crippen molar-refractivity contribution in [2.45, 2.75) is 57.0 Å². The van der Waals surface area contributed by atoms with Gasteiger partial charge in [0.15, 0.2) is 0 Å². The number of nitriles is 1. The quantitative estimate of drug-likeness (QED) is 0.468. The average molecular weight is 517 g/mol. The van der Waals surface area contributed by atoms with E-state index in [2.05, 4.69) is 43.3 Å². The van der Waals surface area contributed by atoms with E-state index in [0.29, 0.717) is 5.56 Å². The lowest BCUT2D eigenvalue weighted by Crippen LogP contribution is -2.51. The highest BCUT2D eigenvalue weighted by Gasteiger charge is 2.34. The van der Waals surface area contributed by atoms with Crippen LogP contribution in [0.5, 0.6) is 0 Å². The highest BCUT2D eigenvalue weighted by molar-refractivity contribution is 9.10. The first-order valence-electron chi connectivity index (χ1n) is 12.2. The first-order valence-corrected chi connectivity index (χ1v) is 13.0. The first-order chi connectivity index (χ1) is 16.6. The number of fused-ring (bicyclic) bond motifs is 2. The number of pyridine rings is 1. The molecule has 1 aromatic heterocycles. The molecule has 0 radical (unpaired) electrons. The van der Waals surface area contributed by atoms with E-state index in [0.717, 1.165) is 79.1 Å². The van der Waals surface area contributed by atoms with E-state index in [4.69, 9.17) is 0 Å². The Labute approximate surface area is 209 Å². The Morgan fingerprint density at radius 1 is 1.15 bits per heavy atom. The maximum absolute atomic E-state index is 13.5. The lowest BCUT2D eigenvalue weighted by Gasteiger charge is -2.40. The number of carbonyl (C=O) groups excluding carboxylic acids is 1. The molecule has 1 N–H and O–H groups in total. The van der Waals surface area contributed by atoms with E-state index >= 15 is 0 Å². The van der Waals surface area contributed by atoms with Gasteiger partial charge in [-0.3, -0.25) is 14.7 Å². The predicted octanol–water partition coefficient (Wildman–Crippen LogP) is 5.75. The van der Waals surface area contributed by atoms with Gasteiger partial charge in [-0.05, 0) is 77.0 Å². The molecule has 1 aliphatic heterocycles. The van der Waals surface area contributed by atoms with Crippen molar-refractivity contribution in [2.75, 3.05) is 13.1 Å². The van der Waals surface area contributed by atoms with Crippen molar-refractivity contribution in [2.24, 2.45) is 0 Å². The Hall–Kier alpha value is -2.75. The Morgan fingerprint density at radius 3 is 2.82 bits per heavy atom. The number of rotatable bonds is 5. The summed E-state index contributed by atoms with van der Waals surface area (Å²) in [6.07, 6.45) is 9.26. The molecule has 0 unspecified atom stereocenters. The summed E-state index contributed by atoms with van der Waals surface area (Å²) in [4.78, 5) is 20.5. The van der Waals surface area contributed by atoms with Gasteiger partial charge in [-0.25, -0.2) is 0 Å². The number of para-hydroxylation sites is 1. The standard InChI is InChI=1S/C28H29BrN4O/c29-25-6-4-5-23-24(9-14-31-26(23)25)27(34)32-28(11-2-1-3-12-28)13-16-33-15-10-21-17-20(18-30)7-8-22(21)19-33/h4-9,14,17H,1-3,10-13,15-16,19H2,(H,32,34).